The van der Waals surface area contributed by atoms with Crippen LogP contribution in [-0.2, 0) is 4.74 Å². The summed E-state index contributed by atoms with van der Waals surface area (Å²) in [5, 5.41) is 14.1. The minimum Gasteiger partial charge on any atom is -0.487 e. The standard InChI is InChI=1S/C19H20N4O3/c1-19(2,3)26-15-7-13-11(6-12(15)8-20)4-5-21-17(13)23-9-14-16(10-23)25-18(24)22-14/h4-7,14,16H,9-10H2,1-3H3,(H,22,24). The van der Waals surface area contributed by atoms with Crippen molar-refractivity contribution in [1.82, 2.24) is 10.3 Å². The van der Waals surface area contributed by atoms with Crippen LogP contribution in [0.25, 0.3) is 10.8 Å². The smallest absolute Gasteiger partial charge is 0.407 e. The summed E-state index contributed by atoms with van der Waals surface area (Å²) in [6.45, 7) is 7.07. The number of carbonyl (C=O) groups excluding carboxylic acids is 1. The molecule has 7 nitrogen and oxygen atoms in total. The second kappa shape index (κ2) is 5.77. The lowest BCUT2D eigenvalue weighted by atomic mass is 10.1. The fourth-order valence-electron chi connectivity index (χ4n) is 3.47. The zero-order chi connectivity index (χ0) is 18.5. The molecule has 2 atom stereocenters. The largest absolute Gasteiger partial charge is 0.487 e. The molecule has 0 radical (unpaired) electrons. The highest BCUT2D eigenvalue weighted by Gasteiger charge is 2.42. The first-order valence-electron chi connectivity index (χ1n) is 8.58. The molecule has 4 rings (SSSR count). The Morgan fingerprint density at radius 1 is 1.38 bits per heavy atom. The summed E-state index contributed by atoms with van der Waals surface area (Å²) < 4.78 is 11.3. The van der Waals surface area contributed by atoms with E-state index in [2.05, 4.69) is 21.3 Å². The van der Waals surface area contributed by atoms with Gasteiger partial charge < -0.3 is 19.7 Å². The van der Waals surface area contributed by atoms with Gasteiger partial charge in [0.1, 0.15) is 29.3 Å². The lowest BCUT2D eigenvalue weighted by Gasteiger charge is -2.24. The predicted octanol–water partition coefficient (Wildman–Crippen LogP) is 2.58. The quantitative estimate of drug-likeness (QED) is 0.894. The van der Waals surface area contributed by atoms with Crippen LogP contribution in [0.15, 0.2) is 24.4 Å². The van der Waals surface area contributed by atoms with E-state index in [0.29, 0.717) is 24.4 Å². The minimum absolute atomic E-state index is 0.0248. The number of pyridine rings is 1. The zero-order valence-electron chi connectivity index (χ0n) is 14.9. The van der Waals surface area contributed by atoms with Crippen molar-refractivity contribution < 1.29 is 14.3 Å². The van der Waals surface area contributed by atoms with Crippen LogP contribution in [0.5, 0.6) is 5.75 Å². The summed E-state index contributed by atoms with van der Waals surface area (Å²) >= 11 is 0. The zero-order valence-corrected chi connectivity index (χ0v) is 14.9. The van der Waals surface area contributed by atoms with Gasteiger partial charge in [0.2, 0.25) is 0 Å². The minimum atomic E-state index is -0.412. The van der Waals surface area contributed by atoms with E-state index in [1.807, 2.05) is 39.0 Å². The molecule has 1 N–H and O–H groups in total. The van der Waals surface area contributed by atoms with E-state index in [4.69, 9.17) is 9.47 Å². The van der Waals surface area contributed by atoms with Crippen molar-refractivity contribution in [2.75, 3.05) is 18.0 Å². The molecule has 2 aliphatic rings. The molecular weight excluding hydrogens is 332 g/mol. The van der Waals surface area contributed by atoms with Gasteiger partial charge in [-0.3, -0.25) is 0 Å². The number of carbonyl (C=O) groups is 1. The Kier molecular flexibility index (Phi) is 3.65. The molecule has 1 aromatic carbocycles. The van der Waals surface area contributed by atoms with Gasteiger partial charge in [0.15, 0.2) is 0 Å². The average Bonchev–Trinajstić information content (AvgIpc) is 3.09. The van der Waals surface area contributed by atoms with Gasteiger partial charge in [-0.1, -0.05) is 0 Å². The maximum atomic E-state index is 11.3. The second-order valence-corrected chi connectivity index (χ2v) is 7.63. The molecule has 26 heavy (non-hydrogen) atoms. The molecule has 2 saturated heterocycles. The van der Waals surface area contributed by atoms with Crippen LogP contribution in [0.3, 0.4) is 0 Å². The lowest BCUT2D eigenvalue weighted by Crippen LogP contribution is -2.32. The monoisotopic (exact) mass is 352 g/mol. The molecule has 7 heteroatoms. The lowest BCUT2D eigenvalue weighted by molar-refractivity contribution is 0.130. The molecule has 0 bridgehead atoms. The van der Waals surface area contributed by atoms with Crippen LogP contribution in [-0.4, -0.2) is 41.9 Å². The van der Waals surface area contributed by atoms with E-state index in [1.54, 1.807) is 6.20 Å². The summed E-state index contributed by atoms with van der Waals surface area (Å²) in [5.74, 6) is 1.35. The first-order chi connectivity index (χ1) is 12.3. The van der Waals surface area contributed by atoms with Gasteiger partial charge in [0.25, 0.3) is 0 Å². The third-order valence-electron chi connectivity index (χ3n) is 4.51. The number of benzene rings is 1. The van der Waals surface area contributed by atoms with Gasteiger partial charge in [0, 0.05) is 18.1 Å². The van der Waals surface area contributed by atoms with Crippen molar-refractivity contribution in [2.45, 2.75) is 38.5 Å². The maximum Gasteiger partial charge on any atom is 0.407 e. The summed E-state index contributed by atoms with van der Waals surface area (Å²) in [6.07, 6.45) is 1.21. The van der Waals surface area contributed by atoms with E-state index >= 15 is 0 Å². The first kappa shape index (κ1) is 16.5. The van der Waals surface area contributed by atoms with E-state index < -0.39 is 5.60 Å². The Bertz CT molecular complexity index is 913. The topological polar surface area (TPSA) is 87.5 Å². The van der Waals surface area contributed by atoms with Crippen molar-refractivity contribution in [3.05, 3.63) is 30.0 Å². The Balaban J connectivity index is 1.75. The van der Waals surface area contributed by atoms with E-state index in [9.17, 15) is 10.1 Å². The number of nitrogens with zero attached hydrogens (tertiary/aromatic N) is 3. The molecule has 1 aromatic heterocycles. The number of fused-ring (bicyclic) bond motifs is 2. The number of nitrogens with one attached hydrogen (secondary N) is 1. The SMILES string of the molecule is CC(C)(C)Oc1cc2c(N3CC4NC(=O)OC4C3)nccc2cc1C#N. The fourth-order valence-corrected chi connectivity index (χ4v) is 3.47. The maximum absolute atomic E-state index is 11.3. The summed E-state index contributed by atoms with van der Waals surface area (Å²) in [5.41, 5.74) is 0.0863. The van der Waals surface area contributed by atoms with Gasteiger partial charge >= 0.3 is 6.09 Å². The molecule has 2 aromatic rings. The summed E-state index contributed by atoms with van der Waals surface area (Å²) in [4.78, 5) is 18.0. The number of rotatable bonds is 2. The number of ether oxygens (including phenoxy) is 2. The third-order valence-corrected chi connectivity index (χ3v) is 4.51. The number of aromatic nitrogens is 1. The molecule has 2 fully saturated rings. The molecule has 2 unspecified atom stereocenters. The van der Waals surface area contributed by atoms with Gasteiger partial charge in [0.05, 0.1) is 18.2 Å². The Hall–Kier alpha value is -3.01. The van der Waals surface area contributed by atoms with Crippen LogP contribution < -0.4 is 15.0 Å². The highest BCUT2D eigenvalue weighted by Crippen LogP contribution is 2.34. The fraction of sp³-hybridized carbons (Fsp3) is 0.421. The van der Waals surface area contributed by atoms with Gasteiger partial charge in [-0.2, -0.15) is 5.26 Å². The Labute approximate surface area is 151 Å². The Morgan fingerprint density at radius 2 is 2.19 bits per heavy atom. The van der Waals surface area contributed by atoms with Crippen molar-refractivity contribution in [1.29, 1.82) is 5.26 Å². The van der Waals surface area contributed by atoms with Crippen LogP contribution >= 0.6 is 0 Å². The number of alkyl carbamates (subject to hydrolysis) is 1. The number of hydrogen-bond donors (Lipinski definition) is 1. The highest BCUT2D eigenvalue weighted by atomic mass is 16.6. The Morgan fingerprint density at radius 3 is 2.88 bits per heavy atom. The number of hydrogen-bond acceptors (Lipinski definition) is 6. The molecule has 0 spiro atoms. The van der Waals surface area contributed by atoms with Gasteiger partial charge in [-0.25, -0.2) is 9.78 Å². The molecule has 134 valence electrons. The van der Waals surface area contributed by atoms with Gasteiger partial charge in [-0.05, 0) is 44.4 Å². The first-order valence-corrected chi connectivity index (χ1v) is 8.58. The molecule has 0 saturated carbocycles. The molecular formula is C19H20N4O3. The van der Waals surface area contributed by atoms with Crippen LogP contribution in [0.4, 0.5) is 10.6 Å². The number of anilines is 1. The van der Waals surface area contributed by atoms with Gasteiger partial charge in [-0.15, -0.1) is 0 Å². The summed E-state index contributed by atoms with van der Waals surface area (Å²) in [6, 6.07) is 7.78. The number of nitriles is 1. The summed E-state index contributed by atoms with van der Waals surface area (Å²) in [7, 11) is 0. The van der Waals surface area contributed by atoms with Crippen molar-refractivity contribution in [3.8, 4) is 11.8 Å². The van der Waals surface area contributed by atoms with Crippen LogP contribution in [0.1, 0.15) is 26.3 Å². The third kappa shape index (κ3) is 2.88. The normalized spacial score (nSPS) is 21.9. The van der Waals surface area contributed by atoms with Crippen molar-refractivity contribution in [3.63, 3.8) is 0 Å². The van der Waals surface area contributed by atoms with E-state index in [1.165, 1.54) is 0 Å². The van der Waals surface area contributed by atoms with Crippen LogP contribution in [0.2, 0.25) is 0 Å². The predicted molar refractivity (Wildman–Crippen MR) is 96.2 cm³/mol. The van der Waals surface area contributed by atoms with E-state index in [-0.39, 0.29) is 18.2 Å². The van der Waals surface area contributed by atoms with Crippen molar-refractivity contribution in [2.24, 2.45) is 0 Å². The van der Waals surface area contributed by atoms with E-state index in [0.717, 1.165) is 16.6 Å². The number of amides is 1. The van der Waals surface area contributed by atoms with Crippen molar-refractivity contribution >= 4 is 22.7 Å². The van der Waals surface area contributed by atoms with Crippen LogP contribution in [0, 0.1) is 11.3 Å². The molecule has 1 amide bonds. The highest BCUT2D eigenvalue weighted by molar-refractivity contribution is 5.94. The molecule has 2 aliphatic heterocycles. The second-order valence-electron chi connectivity index (χ2n) is 7.63. The molecule has 0 aliphatic carbocycles. The molecule has 3 heterocycles. The average molecular weight is 352 g/mol.